The van der Waals surface area contributed by atoms with Gasteiger partial charge in [-0.25, -0.2) is 0 Å². The third kappa shape index (κ3) is 7.49. The van der Waals surface area contributed by atoms with Crippen molar-refractivity contribution in [2.24, 2.45) is 11.8 Å². The topological polar surface area (TPSA) is 38.7 Å². The fraction of sp³-hybridized carbons (Fsp3) is 0.889. The summed E-state index contributed by atoms with van der Waals surface area (Å²) in [6.07, 6.45) is 14.4. The fourth-order valence-electron chi connectivity index (χ4n) is 3.71. The van der Waals surface area contributed by atoms with Crippen LogP contribution in [0, 0.1) is 11.8 Å². The second-order valence-electron chi connectivity index (χ2n) is 6.78. The Labute approximate surface area is 147 Å². The van der Waals surface area contributed by atoms with Gasteiger partial charge in [-0.2, -0.15) is 0 Å². The van der Waals surface area contributed by atoms with Crippen LogP contribution in [-0.2, 0) is 9.05 Å². The van der Waals surface area contributed by atoms with E-state index in [0.717, 1.165) is 44.9 Å². The molecule has 5 heteroatoms. The van der Waals surface area contributed by atoms with Gasteiger partial charge < -0.3 is 14.2 Å². The fourth-order valence-corrected chi connectivity index (χ4v) is 4.30. The monoisotopic (exact) mass is 362 g/mol. The molecule has 0 aromatic rings. The van der Waals surface area contributed by atoms with E-state index in [1.807, 2.05) is 0 Å². The number of allylic oxidation sites excluding steroid dienone is 2. The van der Waals surface area contributed by atoms with Gasteiger partial charge in [-0.3, -0.25) is 0 Å². The number of aliphatic hydroxyl groups is 1. The molecule has 1 aliphatic rings. The third-order valence-electron chi connectivity index (χ3n) is 5.09. The molecule has 1 rings (SSSR count). The summed E-state index contributed by atoms with van der Waals surface area (Å²) in [5.74, 6) is 0.725. The number of hydrogen-bond donors (Lipinski definition) is 1. The van der Waals surface area contributed by atoms with Gasteiger partial charge in [-0.15, -0.1) is 0 Å². The minimum absolute atomic E-state index is 0.149. The molecule has 0 radical (unpaired) electrons. The molecule has 0 heterocycles. The van der Waals surface area contributed by atoms with Crippen molar-refractivity contribution < 1.29 is 14.2 Å². The Kier molecular flexibility index (Phi) is 12.0. The molecule has 23 heavy (non-hydrogen) atoms. The first kappa shape index (κ1) is 21.5. The normalized spacial score (nSPS) is 29.4. The van der Waals surface area contributed by atoms with Crippen molar-refractivity contribution in [3.8, 4) is 0 Å². The Hall–Kier alpha value is 0.480. The van der Waals surface area contributed by atoms with Gasteiger partial charge >= 0.3 is 0 Å². The molecular weight excluding hydrogens is 326 g/mol. The Morgan fingerprint density at radius 2 is 1.91 bits per heavy atom. The van der Waals surface area contributed by atoms with Gasteiger partial charge in [0.1, 0.15) is 0 Å². The Morgan fingerprint density at radius 3 is 2.52 bits per heavy atom. The summed E-state index contributed by atoms with van der Waals surface area (Å²) in [4.78, 5) is 0. The molecule has 0 amide bonds. The zero-order valence-electron chi connectivity index (χ0n) is 14.8. The molecule has 1 saturated carbocycles. The van der Waals surface area contributed by atoms with Crippen LogP contribution in [0.15, 0.2) is 12.2 Å². The molecule has 1 N–H and O–H groups in total. The highest BCUT2D eigenvalue weighted by Gasteiger charge is 2.41. The molecular formula is C18H36O3P2. The number of rotatable bonds is 12. The van der Waals surface area contributed by atoms with Crippen LogP contribution < -0.4 is 0 Å². The highest BCUT2D eigenvalue weighted by Crippen LogP contribution is 2.41. The zero-order chi connectivity index (χ0) is 17.1. The first-order chi connectivity index (χ1) is 11.2. The minimum Gasteiger partial charge on any atom is -0.393 e. The third-order valence-corrected chi connectivity index (χ3v) is 5.83. The lowest BCUT2D eigenvalue weighted by molar-refractivity contribution is 0.108. The van der Waals surface area contributed by atoms with Gasteiger partial charge in [-0.05, 0) is 43.9 Å². The van der Waals surface area contributed by atoms with E-state index in [9.17, 15) is 5.11 Å². The van der Waals surface area contributed by atoms with Crippen LogP contribution in [0.2, 0.25) is 0 Å². The molecule has 0 saturated heterocycles. The smallest absolute Gasteiger partial charge is 0.0667 e. The molecule has 136 valence electrons. The van der Waals surface area contributed by atoms with E-state index in [-0.39, 0.29) is 12.2 Å². The molecule has 0 aliphatic heterocycles. The van der Waals surface area contributed by atoms with Crippen LogP contribution in [0.3, 0.4) is 0 Å². The molecule has 0 bridgehead atoms. The SMILES string of the molecule is CCCC/C=C\C[C@@H]1[C@@H](CC[C@H](CCC)OP)[C@H](OP)C[C@@H]1O. The predicted molar refractivity (Wildman–Crippen MR) is 104 cm³/mol. The van der Waals surface area contributed by atoms with Gasteiger partial charge in [0.15, 0.2) is 0 Å². The van der Waals surface area contributed by atoms with E-state index >= 15 is 0 Å². The summed E-state index contributed by atoms with van der Waals surface area (Å²) >= 11 is 0. The summed E-state index contributed by atoms with van der Waals surface area (Å²) in [6, 6.07) is 0. The van der Waals surface area contributed by atoms with E-state index in [1.165, 1.54) is 12.8 Å². The Balaban J connectivity index is 2.56. The van der Waals surface area contributed by atoms with Crippen LogP contribution in [0.5, 0.6) is 0 Å². The lowest BCUT2D eigenvalue weighted by Gasteiger charge is -2.25. The van der Waals surface area contributed by atoms with E-state index in [2.05, 4.69) is 44.9 Å². The van der Waals surface area contributed by atoms with Gasteiger partial charge in [0, 0.05) is 25.4 Å². The second kappa shape index (κ2) is 12.8. The maximum Gasteiger partial charge on any atom is 0.0667 e. The van der Waals surface area contributed by atoms with Crippen molar-refractivity contribution in [2.75, 3.05) is 0 Å². The molecule has 0 aromatic carbocycles. The van der Waals surface area contributed by atoms with Crippen LogP contribution >= 0.6 is 18.9 Å². The molecule has 7 atom stereocenters. The van der Waals surface area contributed by atoms with Gasteiger partial charge in [0.25, 0.3) is 0 Å². The van der Waals surface area contributed by atoms with Crippen molar-refractivity contribution in [1.29, 1.82) is 0 Å². The van der Waals surface area contributed by atoms with Crippen LogP contribution in [0.1, 0.15) is 71.6 Å². The minimum atomic E-state index is -0.247. The molecule has 3 nitrogen and oxygen atoms in total. The van der Waals surface area contributed by atoms with Crippen LogP contribution in [0.4, 0.5) is 0 Å². The molecule has 0 aromatic heterocycles. The van der Waals surface area contributed by atoms with Crippen LogP contribution in [-0.4, -0.2) is 23.4 Å². The zero-order valence-corrected chi connectivity index (χ0v) is 17.1. The van der Waals surface area contributed by atoms with E-state index in [1.54, 1.807) is 0 Å². The van der Waals surface area contributed by atoms with Crippen molar-refractivity contribution >= 4 is 18.9 Å². The summed E-state index contributed by atoms with van der Waals surface area (Å²) in [5.41, 5.74) is 0. The summed E-state index contributed by atoms with van der Waals surface area (Å²) in [6.45, 7) is 4.40. The first-order valence-corrected chi connectivity index (χ1v) is 10.2. The lowest BCUT2D eigenvalue weighted by atomic mass is 9.85. The summed E-state index contributed by atoms with van der Waals surface area (Å²) in [5, 5.41) is 10.4. The first-order valence-electron chi connectivity index (χ1n) is 9.21. The molecule has 0 spiro atoms. The molecule has 1 fully saturated rings. The van der Waals surface area contributed by atoms with Gasteiger partial charge in [0.2, 0.25) is 0 Å². The standard InChI is InChI=1S/C18H36O3P2/c1-3-5-6-7-8-10-15-16(18(21-23)13-17(15)19)12-11-14(20-22)9-4-2/h7-8,14-19H,3-6,9-13,22-23H2,1-2H3/b8-7-/t14-,15+,16+,17-,18+/m0/s1. The van der Waals surface area contributed by atoms with E-state index < -0.39 is 0 Å². The second-order valence-corrected chi connectivity index (χ2v) is 7.32. The highest BCUT2D eigenvalue weighted by molar-refractivity contribution is 7.10. The van der Waals surface area contributed by atoms with Crippen molar-refractivity contribution in [3.63, 3.8) is 0 Å². The van der Waals surface area contributed by atoms with Gasteiger partial charge in [0.05, 0.1) is 18.3 Å². The highest BCUT2D eigenvalue weighted by atomic mass is 31.0. The number of aliphatic hydroxyl groups excluding tert-OH is 1. The maximum atomic E-state index is 10.4. The average molecular weight is 362 g/mol. The Morgan fingerprint density at radius 1 is 1.13 bits per heavy atom. The summed E-state index contributed by atoms with van der Waals surface area (Å²) in [7, 11) is 4.80. The van der Waals surface area contributed by atoms with Gasteiger partial charge in [-0.1, -0.05) is 45.3 Å². The molecule has 1 aliphatic carbocycles. The van der Waals surface area contributed by atoms with Crippen molar-refractivity contribution in [1.82, 2.24) is 0 Å². The Bertz CT molecular complexity index is 325. The largest absolute Gasteiger partial charge is 0.393 e. The van der Waals surface area contributed by atoms with E-state index in [0.29, 0.717) is 17.9 Å². The average Bonchev–Trinajstić information content (AvgIpc) is 2.86. The van der Waals surface area contributed by atoms with Crippen molar-refractivity contribution in [3.05, 3.63) is 12.2 Å². The molecule has 2 unspecified atom stereocenters. The van der Waals surface area contributed by atoms with Crippen LogP contribution in [0.25, 0.3) is 0 Å². The number of unbranched alkanes of at least 4 members (excludes halogenated alkanes) is 2. The van der Waals surface area contributed by atoms with Crippen molar-refractivity contribution in [2.45, 2.75) is 89.9 Å². The number of hydrogen-bond acceptors (Lipinski definition) is 3. The van der Waals surface area contributed by atoms with E-state index in [4.69, 9.17) is 9.05 Å². The lowest BCUT2D eigenvalue weighted by Crippen LogP contribution is -2.24. The quantitative estimate of drug-likeness (QED) is 0.300. The summed E-state index contributed by atoms with van der Waals surface area (Å²) < 4.78 is 11.1. The maximum absolute atomic E-state index is 10.4. The predicted octanol–water partition coefficient (Wildman–Crippen LogP) is 5.05.